The molecule has 0 unspecified atom stereocenters. The SMILES string of the molecule is COC(=O)[C@H]1CC[C@@H](Oc2ccc(NC(=O)c3nnc(Nc4ccc(F)c(F)c4)o3)c(C)n2)CC1. The number of amides is 1. The van der Waals surface area contributed by atoms with E-state index in [1.807, 2.05) is 0 Å². The molecule has 184 valence electrons. The number of anilines is 3. The third-order valence-corrected chi connectivity index (χ3v) is 5.59. The highest BCUT2D eigenvalue weighted by atomic mass is 19.2. The molecule has 1 saturated carbocycles. The second kappa shape index (κ2) is 10.5. The van der Waals surface area contributed by atoms with Gasteiger partial charge in [0.2, 0.25) is 5.88 Å². The number of benzene rings is 1. The van der Waals surface area contributed by atoms with Crippen molar-refractivity contribution in [2.75, 3.05) is 17.7 Å². The van der Waals surface area contributed by atoms with Crippen LogP contribution in [0.1, 0.15) is 42.1 Å². The van der Waals surface area contributed by atoms with E-state index >= 15 is 0 Å². The van der Waals surface area contributed by atoms with E-state index in [0.29, 0.717) is 30.1 Å². The van der Waals surface area contributed by atoms with Crippen molar-refractivity contribution < 1.29 is 32.3 Å². The standard InChI is InChI=1S/C23H23F2N5O5/c1-12-18(9-10-19(26-12)34-15-6-3-13(4-7-15)22(32)33-2)28-20(31)21-29-30-23(35-21)27-14-5-8-16(24)17(25)11-14/h5,8-11,13,15H,3-4,6-7H2,1-2H3,(H,27,30)(H,28,31)/t13-,15+. The maximum atomic E-state index is 13.3. The van der Waals surface area contributed by atoms with Crippen LogP contribution in [0.5, 0.6) is 5.88 Å². The van der Waals surface area contributed by atoms with Gasteiger partial charge in [-0.1, -0.05) is 5.10 Å². The number of rotatable bonds is 7. The molecule has 35 heavy (non-hydrogen) atoms. The Hall–Kier alpha value is -4.09. The first-order chi connectivity index (χ1) is 16.8. The second-order valence-corrected chi connectivity index (χ2v) is 8.02. The summed E-state index contributed by atoms with van der Waals surface area (Å²) in [5.74, 6) is -2.91. The molecule has 2 heterocycles. The lowest BCUT2D eigenvalue weighted by atomic mass is 9.87. The molecular formula is C23H23F2N5O5. The van der Waals surface area contributed by atoms with Crippen LogP contribution < -0.4 is 15.4 Å². The average Bonchev–Trinajstić information content (AvgIpc) is 3.32. The van der Waals surface area contributed by atoms with Crippen LogP contribution in [-0.4, -0.2) is 40.3 Å². The Balaban J connectivity index is 1.33. The Morgan fingerprint density at radius 2 is 1.83 bits per heavy atom. The van der Waals surface area contributed by atoms with E-state index in [4.69, 9.17) is 13.9 Å². The van der Waals surface area contributed by atoms with E-state index in [9.17, 15) is 18.4 Å². The highest BCUT2D eigenvalue weighted by Gasteiger charge is 2.28. The van der Waals surface area contributed by atoms with E-state index in [1.54, 1.807) is 19.1 Å². The third-order valence-electron chi connectivity index (χ3n) is 5.59. The van der Waals surface area contributed by atoms with Crippen molar-refractivity contribution in [3.8, 4) is 5.88 Å². The quantitative estimate of drug-likeness (QED) is 0.472. The first-order valence-corrected chi connectivity index (χ1v) is 10.9. The maximum Gasteiger partial charge on any atom is 0.320 e. The van der Waals surface area contributed by atoms with Crippen molar-refractivity contribution in [3.63, 3.8) is 0 Å². The van der Waals surface area contributed by atoms with E-state index in [2.05, 4.69) is 25.8 Å². The molecular weight excluding hydrogens is 464 g/mol. The lowest BCUT2D eigenvalue weighted by molar-refractivity contribution is -0.147. The molecule has 2 aromatic heterocycles. The molecule has 1 aliphatic carbocycles. The van der Waals surface area contributed by atoms with Gasteiger partial charge in [-0.15, -0.1) is 5.10 Å². The van der Waals surface area contributed by atoms with Crippen molar-refractivity contribution in [1.82, 2.24) is 15.2 Å². The molecule has 1 amide bonds. The first-order valence-electron chi connectivity index (χ1n) is 10.9. The third kappa shape index (κ3) is 5.89. The van der Waals surface area contributed by atoms with E-state index in [0.717, 1.165) is 25.0 Å². The first kappa shape index (κ1) is 24.0. The number of pyridine rings is 1. The predicted molar refractivity (Wildman–Crippen MR) is 119 cm³/mol. The lowest BCUT2D eigenvalue weighted by Gasteiger charge is -2.27. The summed E-state index contributed by atoms with van der Waals surface area (Å²) in [7, 11) is 1.39. The molecule has 0 bridgehead atoms. The van der Waals surface area contributed by atoms with Gasteiger partial charge in [0.1, 0.15) is 6.10 Å². The van der Waals surface area contributed by atoms with Gasteiger partial charge < -0.3 is 24.5 Å². The molecule has 0 saturated heterocycles. The van der Waals surface area contributed by atoms with E-state index in [1.165, 1.54) is 13.2 Å². The lowest BCUT2D eigenvalue weighted by Crippen LogP contribution is -2.28. The number of aryl methyl sites for hydroxylation is 1. The number of hydrogen-bond acceptors (Lipinski definition) is 9. The van der Waals surface area contributed by atoms with Crippen molar-refractivity contribution >= 4 is 29.3 Å². The van der Waals surface area contributed by atoms with Gasteiger partial charge in [-0.25, -0.2) is 13.8 Å². The van der Waals surface area contributed by atoms with Gasteiger partial charge >= 0.3 is 23.8 Å². The van der Waals surface area contributed by atoms with Crippen LogP contribution in [0.4, 0.5) is 26.2 Å². The van der Waals surface area contributed by atoms with Crippen LogP contribution in [0.3, 0.4) is 0 Å². The number of carbonyl (C=O) groups excluding carboxylic acids is 2. The molecule has 0 spiro atoms. The Morgan fingerprint density at radius 3 is 2.51 bits per heavy atom. The van der Waals surface area contributed by atoms with Crippen LogP contribution in [0.25, 0.3) is 0 Å². The molecule has 0 radical (unpaired) electrons. The summed E-state index contributed by atoms with van der Waals surface area (Å²) in [6, 6.07) is 6.26. The minimum absolute atomic E-state index is 0.0536. The van der Waals surface area contributed by atoms with Gasteiger partial charge in [0.15, 0.2) is 11.6 Å². The highest BCUT2D eigenvalue weighted by molar-refractivity contribution is 6.01. The zero-order valence-corrected chi connectivity index (χ0v) is 19.0. The van der Waals surface area contributed by atoms with Crippen molar-refractivity contribution in [3.05, 3.63) is 53.6 Å². The maximum absolute atomic E-state index is 13.3. The number of halogens is 2. The molecule has 3 aromatic rings. The Morgan fingerprint density at radius 1 is 1.06 bits per heavy atom. The van der Waals surface area contributed by atoms with Crippen LogP contribution in [0.2, 0.25) is 0 Å². The molecule has 4 rings (SSSR count). The Labute approximate surface area is 199 Å². The number of nitrogens with zero attached hydrogens (tertiary/aromatic N) is 3. The highest BCUT2D eigenvalue weighted by Crippen LogP contribution is 2.29. The fourth-order valence-corrected chi connectivity index (χ4v) is 3.73. The molecule has 1 fully saturated rings. The Kier molecular flexibility index (Phi) is 7.18. The summed E-state index contributed by atoms with van der Waals surface area (Å²) < 4.78 is 42.4. The van der Waals surface area contributed by atoms with Crippen LogP contribution in [-0.2, 0) is 9.53 Å². The zero-order chi connectivity index (χ0) is 24.9. The average molecular weight is 487 g/mol. The Bertz CT molecular complexity index is 1230. The summed E-state index contributed by atoms with van der Waals surface area (Å²) in [5.41, 5.74) is 1.11. The number of esters is 1. The summed E-state index contributed by atoms with van der Waals surface area (Å²) in [6.07, 6.45) is 2.78. The largest absolute Gasteiger partial charge is 0.474 e. The predicted octanol–water partition coefficient (Wildman–Crippen LogP) is 4.16. The smallest absolute Gasteiger partial charge is 0.320 e. The second-order valence-electron chi connectivity index (χ2n) is 8.02. The topological polar surface area (TPSA) is 128 Å². The number of hydrogen-bond donors (Lipinski definition) is 2. The van der Waals surface area contributed by atoms with Gasteiger partial charge in [-0.2, -0.15) is 0 Å². The number of aromatic nitrogens is 3. The van der Waals surface area contributed by atoms with E-state index in [-0.39, 0.29) is 35.6 Å². The van der Waals surface area contributed by atoms with Gasteiger partial charge in [0.05, 0.1) is 24.4 Å². The summed E-state index contributed by atoms with van der Waals surface area (Å²) >= 11 is 0. The number of nitrogens with one attached hydrogen (secondary N) is 2. The number of ether oxygens (including phenoxy) is 2. The van der Waals surface area contributed by atoms with E-state index < -0.39 is 17.5 Å². The van der Waals surface area contributed by atoms with Crippen LogP contribution >= 0.6 is 0 Å². The van der Waals surface area contributed by atoms with Gasteiger partial charge in [-0.3, -0.25) is 9.59 Å². The van der Waals surface area contributed by atoms with Crippen LogP contribution in [0, 0.1) is 24.5 Å². The van der Waals surface area contributed by atoms with Crippen molar-refractivity contribution in [1.29, 1.82) is 0 Å². The molecule has 2 N–H and O–H groups in total. The molecule has 12 heteroatoms. The molecule has 10 nitrogen and oxygen atoms in total. The summed E-state index contributed by atoms with van der Waals surface area (Å²) in [5, 5.41) is 12.6. The normalized spacial score (nSPS) is 17.5. The van der Waals surface area contributed by atoms with Gasteiger partial charge in [-0.05, 0) is 50.8 Å². The molecule has 1 aliphatic rings. The van der Waals surface area contributed by atoms with Crippen molar-refractivity contribution in [2.45, 2.75) is 38.7 Å². The number of carbonyl (C=O) groups is 2. The molecule has 0 atom stereocenters. The molecule has 1 aromatic carbocycles. The van der Waals surface area contributed by atoms with Crippen LogP contribution in [0.15, 0.2) is 34.7 Å². The number of methoxy groups -OCH3 is 1. The summed E-state index contributed by atoms with van der Waals surface area (Å²) in [6.45, 7) is 1.71. The minimum atomic E-state index is -1.04. The summed E-state index contributed by atoms with van der Waals surface area (Å²) in [4.78, 5) is 28.5. The minimum Gasteiger partial charge on any atom is -0.474 e. The fourth-order valence-electron chi connectivity index (χ4n) is 3.73. The zero-order valence-electron chi connectivity index (χ0n) is 19.0. The van der Waals surface area contributed by atoms with Gasteiger partial charge in [0, 0.05) is 17.8 Å². The monoisotopic (exact) mass is 487 g/mol. The van der Waals surface area contributed by atoms with Gasteiger partial charge in [0.25, 0.3) is 0 Å². The molecule has 0 aliphatic heterocycles. The fraction of sp³-hybridized carbons (Fsp3) is 0.348. The van der Waals surface area contributed by atoms with Crippen molar-refractivity contribution in [2.24, 2.45) is 5.92 Å².